The van der Waals surface area contributed by atoms with Crippen molar-refractivity contribution in [3.63, 3.8) is 0 Å². The lowest BCUT2D eigenvalue weighted by Gasteiger charge is -2.20. The number of amides is 1. The maximum absolute atomic E-state index is 12.0. The summed E-state index contributed by atoms with van der Waals surface area (Å²) in [5, 5.41) is 12.7. The Hall–Kier alpha value is -1.75. The second-order valence-electron chi connectivity index (χ2n) is 5.39. The van der Waals surface area contributed by atoms with Crippen molar-refractivity contribution >= 4 is 5.91 Å². The Kier molecular flexibility index (Phi) is 7.02. The minimum Gasteiger partial charge on any atom is -0.504 e. The highest BCUT2D eigenvalue weighted by atomic mass is 16.5. The molecule has 0 aromatic heterocycles. The zero-order chi connectivity index (χ0) is 15.8. The van der Waals surface area contributed by atoms with Crippen molar-refractivity contribution in [2.45, 2.75) is 32.7 Å². The number of benzene rings is 1. The van der Waals surface area contributed by atoms with Crippen molar-refractivity contribution in [1.82, 2.24) is 10.2 Å². The fourth-order valence-electron chi connectivity index (χ4n) is 1.91. The van der Waals surface area contributed by atoms with Gasteiger partial charge in [-0.3, -0.25) is 4.79 Å². The number of unbranched alkanes of at least 4 members (excludes halogenated alkanes) is 1. The molecule has 1 aromatic rings. The van der Waals surface area contributed by atoms with Crippen LogP contribution in [0.15, 0.2) is 18.2 Å². The zero-order valence-corrected chi connectivity index (χ0v) is 13.3. The number of methoxy groups -OCH3 is 1. The monoisotopic (exact) mass is 294 g/mol. The molecule has 1 rings (SSSR count). The van der Waals surface area contributed by atoms with Crippen molar-refractivity contribution in [1.29, 1.82) is 0 Å². The predicted octanol–water partition coefficient (Wildman–Crippen LogP) is 2.25. The Morgan fingerprint density at radius 3 is 2.71 bits per heavy atom. The van der Waals surface area contributed by atoms with Gasteiger partial charge < -0.3 is 20.1 Å². The first kappa shape index (κ1) is 17.3. The summed E-state index contributed by atoms with van der Waals surface area (Å²) in [4.78, 5) is 14.3. The van der Waals surface area contributed by atoms with Crippen molar-refractivity contribution < 1.29 is 14.6 Å². The van der Waals surface area contributed by atoms with Crippen LogP contribution in [0.25, 0.3) is 0 Å². The summed E-state index contributed by atoms with van der Waals surface area (Å²) < 4.78 is 4.99. The lowest BCUT2D eigenvalue weighted by Crippen LogP contribution is -2.29. The minimum atomic E-state index is -0.274. The van der Waals surface area contributed by atoms with Crippen molar-refractivity contribution in [3.8, 4) is 11.5 Å². The highest BCUT2D eigenvalue weighted by Gasteiger charge is 2.14. The van der Waals surface area contributed by atoms with Crippen LogP contribution in [0.1, 0.15) is 37.0 Å². The second-order valence-corrected chi connectivity index (χ2v) is 5.39. The summed E-state index contributed by atoms with van der Waals surface area (Å²) in [6, 6.07) is 5.42. The summed E-state index contributed by atoms with van der Waals surface area (Å²) in [5.41, 5.74) is 0.244. The predicted molar refractivity (Wildman–Crippen MR) is 84.0 cm³/mol. The quantitative estimate of drug-likeness (QED) is 0.722. The number of rotatable bonds is 8. The molecule has 118 valence electrons. The molecule has 1 aromatic carbocycles. The number of hydrogen-bond donors (Lipinski definition) is 2. The third-order valence-corrected chi connectivity index (χ3v) is 3.57. The summed E-state index contributed by atoms with van der Waals surface area (Å²) in [5.74, 6) is -0.0816. The SMILES string of the molecule is COc1cccc(C(=O)NCCCCN(C)C(C)C)c1O. The van der Waals surface area contributed by atoms with Gasteiger partial charge in [-0.25, -0.2) is 0 Å². The van der Waals surface area contributed by atoms with Crippen LogP contribution in [0.4, 0.5) is 0 Å². The van der Waals surface area contributed by atoms with Crippen LogP contribution < -0.4 is 10.1 Å². The topological polar surface area (TPSA) is 61.8 Å². The molecule has 0 atom stereocenters. The summed E-state index contributed by atoms with van der Waals surface area (Å²) in [6.07, 6.45) is 1.94. The van der Waals surface area contributed by atoms with Gasteiger partial charge in [-0.05, 0) is 52.4 Å². The van der Waals surface area contributed by atoms with Crippen LogP contribution in [-0.2, 0) is 0 Å². The number of phenolic OH excluding ortho intramolecular Hbond substituents is 1. The number of carbonyl (C=O) groups is 1. The third kappa shape index (κ3) is 5.27. The molecule has 2 N–H and O–H groups in total. The number of phenols is 1. The maximum Gasteiger partial charge on any atom is 0.255 e. The van der Waals surface area contributed by atoms with E-state index in [0.717, 1.165) is 19.4 Å². The van der Waals surface area contributed by atoms with E-state index in [1.54, 1.807) is 18.2 Å². The average molecular weight is 294 g/mol. The van der Waals surface area contributed by atoms with Gasteiger partial charge in [0.2, 0.25) is 0 Å². The number of aromatic hydroxyl groups is 1. The van der Waals surface area contributed by atoms with Gasteiger partial charge in [0.25, 0.3) is 5.91 Å². The lowest BCUT2D eigenvalue weighted by molar-refractivity contribution is 0.0949. The molecule has 0 heterocycles. The summed E-state index contributed by atoms with van der Waals surface area (Å²) in [7, 11) is 3.56. The molecule has 0 aliphatic carbocycles. The molecule has 0 fully saturated rings. The van der Waals surface area contributed by atoms with Crippen LogP contribution >= 0.6 is 0 Å². The van der Waals surface area contributed by atoms with Crippen molar-refractivity contribution in [2.75, 3.05) is 27.2 Å². The highest BCUT2D eigenvalue weighted by Crippen LogP contribution is 2.29. The maximum atomic E-state index is 12.0. The molecular weight excluding hydrogens is 268 g/mol. The van der Waals surface area contributed by atoms with Gasteiger partial charge in [0.15, 0.2) is 11.5 Å². The molecule has 0 bridgehead atoms. The van der Waals surface area contributed by atoms with Gasteiger partial charge in [-0.2, -0.15) is 0 Å². The smallest absolute Gasteiger partial charge is 0.255 e. The van der Waals surface area contributed by atoms with Gasteiger partial charge in [-0.15, -0.1) is 0 Å². The number of para-hydroxylation sites is 1. The van der Waals surface area contributed by atoms with Crippen molar-refractivity contribution in [3.05, 3.63) is 23.8 Å². The molecule has 0 saturated carbocycles. The van der Waals surface area contributed by atoms with Gasteiger partial charge in [0.1, 0.15) is 0 Å². The van der Waals surface area contributed by atoms with E-state index >= 15 is 0 Å². The van der Waals surface area contributed by atoms with E-state index in [9.17, 15) is 9.90 Å². The number of nitrogens with zero attached hydrogens (tertiary/aromatic N) is 1. The highest BCUT2D eigenvalue weighted by molar-refractivity contribution is 5.97. The average Bonchev–Trinajstić information content (AvgIpc) is 2.46. The second kappa shape index (κ2) is 8.52. The Bertz CT molecular complexity index is 461. The van der Waals surface area contributed by atoms with E-state index < -0.39 is 0 Å². The third-order valence-electron chi connectivity index (χ3n) is 3.57. The van der Waals surface area contributed by atoms with Gasteiger partial charge in [0, 0.05) is 12.6 Å². The normalized spacial score (nSPS) is 11.0. The number of hydrogen-bond acceptors (Lipinski definition) is 4. The van der Waals surface area contributed by atoms with E-state index in [0.29, 0.717) is 18.3 Å². The van der Waals surface area contributed by atoms with E-state index in [1.807, 2.05) is 0 Å². The Morgan fingerprint density at radius 1 is 1.38 bits per heavy atom. The molecule has 21 heavy (non-hydrogen) atoms. The lowest BCUT2D eigenvalue weighted by atomic mass is 10.1. The number of ether oxygens (including phenoxy) is 1. The van der Waals surface area contributed by atoms with Gasteiger partial charge in [0.05, 0.1) is 12.7 Å². The zero-order valence-electron chi connectivity index (χ0n) is 13.3. The van der Waals surface area contributed by atoms with Crippen LogP contribution in [0.3, 0.4) is 0 Å². The van der Waals surface area contributed by atoms with Crippen LogP contribution in [0.5, 0.6) is 11.5 Å². The molecule has 0 saturated heterocycles. The fourth-order valence-corrected chi connectivity index (χ4v) is 1.91. The van der Waals surface area contributed by atoms with Crippen LogP contribution in [0, 0.1) is 0 Å². The Balaban J connectivity index is 2.38. The van der Waals surface area contributed by atoms with E-state index in [1.165, 1.54) is 7.11 Å². The Labute approximate surface area is 126 Å². The van der Waals surface area contributed by atoms with Crippen LogP contribution in [0.2, 0.25) is 0 Å². The molecule has 0 aliphatic rings. The molecule has 5 heteroatoms. The molecule has 0 aliphatic heterocycles. The first-order valence-corrected chi connectivity index (χ1v) is 7.31. The largest absolute Gasteiger partial charge is 0.504 e. The van der Waals surface area contributed by atoms with Gasteiger partial charge >= 0.3 is 0 Å². The molecule has 0 radical (unpaired) electrons. The molecule has 1 amide bonds. The number of carbonyl (C=O) groups excluding carboxylic acids is 1. The van der Waals surface area contributed by atoms with E-state index in [2.05, 4.69) is 31.1 Å². The van der Waals surface area contributed by atoms with Gasteiger partial charge in [-0.1, -0.05) is 6.07 Å². The van der Waals surface area contributed by atoms with E-state index in [-0.39, 0.29) is 17.2 Å². The fraction of sp³-hybridized carbons (Fsp3) is 0.562. The number of nitrogens with one attached hydrogen (secondary N) is 1. The standard InChI is InChI=1S/C16H26N2O3/c1-12(2)18(3)11-6-5-10-17-16(20)13-8-7-9-14(21-4)15(13)19/h7-9,12,19H,5-6,10-11H2,1-4H3,(H,17,20). The minimum absolute atomic E-state index is 0.114. The first-order valence-electron chi connectivity index (χ1n) is 7.31. The first-order chi connectivity index (χ1) is 9.97. The molecule has 0 unspecified atom stereocenters. The molecule has 5 nitrogen and oxygen atoms in total. The molecule has 0 spiro atoms. The van der Waals surface area contributed by atoms with Crippen LogP contribution in [-0.4, -0.2) is 49.2 Å². The summed E-state index contributed by atoms with van der Waals surface area (Å²) >= 11 is 0. The van der Waals surface area contributed by atoms with Crippen molar-refractivity contribution in [2.24, 2.45) is 0 Å². The molecular formula is C16H26N2O3. The summed E-state index contributed by atoms with van der Waals surface area (Å²) in [6.45, 7) is 5.93. The Morgan fingerprint density at radius 2 is 2.10 bits per heavy atom. The van der Waals surface area contributed by atoms with E-state index in [4.69, 9.17) is 4.74 Å².